The van der Waals surface area contributed by atoms with Crippen LogP contribution < -0.4 is 10.9 Å². The van der Waals surface area contributed by atoms with E-state index in [-0.39, 0.29) is 17.1 Å². The summed E-state index contributed by atoms with van der Waals surface area (Å²) >= 11 is 0. The van der Waals surface area contributed by atoms with Crippen LogP contribution in [-0.2, 0) is 17.1 Å². The fraction of sp³-hybridized carbons (Fsp3) is 0.333. The van der Waals surface area contributed by atoms with Gasteiger partial charge in [-0.15, -0.1) is 13.1 Å². The van der Waals surface area contributed by atoms with Crippen molar-refractivity contribution in [1.82, 2.24) is 10.9 Å². The molecule has 23 heavy (non-hydrogen) atoms. The molecule has 0 unspecified atom stereocenters. The standard InChI is InChI=1S/2C9H13N2.Fe/c2*1-3-10-11-8(2)9-6-4-5-7-9;/h2*4-7,11H,3H2,1-2H3;/q2*-1;+2. The van der Waals surface area contributed by atoms with Crippen molar-refractivity contribution in [3.63, 3.8) is 0 Å². The molecular weight excluding hydrogens is 328 g/mol. The Kier molecular flexibility index (Phi) is 12.1. The van der Waals surface area contributed by atoms with Crippen LogP contribution in [-0.4, -0.2) is 13.1 Å². The van der Waals surface area contributed by atoms with E-state index >= 15 is 0 Å². The van der Waals surface area contributed by atoms with E-state index in [4.69, 9.17) is 0 Å². The molecule has 2 aliphatic rings. The molecule has 0 aromatic heterocycles. The van der Waals surface area contributed by atoms with Crippen LogP contribution in [0, 0.1) is 0 Å². The summed E-state index contributed by atoms with van der Waals surface area (Å²) in [4.78, 5) is 0. The van der Waals surface area contributed by atoms with Crippen LogP contribution in [0.5, 0.6) is 0 Å². The molecule has 0 saturated heterocycles. The third kappa shape index (κ3) is 8.62. The van der Waals surface area contributed by atoms with Crippen molar-refractivity contribution in [2.75, 3.05) is 13.1 Å². The van der Waals surface area contributed by atoms with Crippen molar-refractivity contribution in [1.29, 1.82) is 0 Å². The second-order valence-electron chi connectivity index (χ2n) is 4.77. The van der Waals surface area contributed by atoms with Gasteiger partial charge in [-0.2, -0.15) is 0 Å². The van der Waals surface area contributed by atoms with Crippen LogP contribution >= 0.6 is 0 Å². The molecule has 0 atom stereocenters. The Labute approximate surface area is 151 Å². The maximum Gasteiger partial charge on any atom is 2.00 e. The number of nitrogens with one attached hydrogen (secondary N) is 2. The van der Waals surface area contributed by atoms with Gasteiger partial charge in [-0.25, -0.2) is 0 Å². The Morgan fingerprint density at radius 2 is 1.04 bits per heavy atom. The quantitative estimate of drug-likeness (QED) is 0.542. The molecule has 2 rings (SSSR count). The first-order valence-electron chi connectivity index (χ1n) is 7.65. The predicted molar refractivity (Wildman–Crippen MR) is 96.0 cm³/mol. The summed E-state index contributed by atoms with van der Waals surface area (Å²) in [5.74, 6) is 0. The van der Waals surface area contributed by atoms with Crippen LogP contribution in [0.1, 0.15) is 27.7 Å². The molecule has 126 valence electrons. The third-order valence-corrected chi connectivity index (χ3v) is 3.00. The molecule has 0 bridgehead atoms. The zero-order valence-corrected chi connectivity index (χ0v) is 15.4. The van der Waals surface area contributed by atoms with E-state index in [1.165, 1.54) is 11.1 Å². The molecule has 0 fully saturated rings. The molecule has 2 aliphatic carbocycles. The Hall–Kier alpha value is -1.52. The summed E-state index contributed by atoms with van der Waals surface area (Å²) in [6, 6.07) is 0. The smallest absolute Gasteiger partial charge is 0.571 e. The predicted octanol–water partition coefficient (Wildman–Crippen LogP) is 4.57. The van der Waals surface area contributed by atoms with Gasteiger partial charge < -0.3 is 21.7 Å². The van der Waals surface area contributed by atoms with Gasteiger partial charge in [-0.1, -0.05) is 62.5 Å². The van der Waals surface area contributed by atoms with Crippen LogP contribution in [0.4, 0.5) is 0 Å². The van der Waals surface area contributed by atoms with E-state index in [1.807, 2.05) is 52.0 Å². The van der Waals surface area contributed by atoms with E-state index in [1.54, 1.807) is 0 Å². The number of hydrogen-bond acceptors (Lipinski definition) is 2. The zero-order valence-electron chi connectivity index (χ0n) is 14.3. The largest absolute Gasteiger partial charge is 2.00 e. The summed E-state index contributed by atoms with van der Waals surface area (Å²) < 4.78 is 0. The van der Waals surface area contributed by atoms with Crippen LogP contribution in [0.25, 0.3) is 10.9 Å². The molecule has 4 nitrogen and oxygen atoms in total. The van der Waals surface area contributed by atoms with Crippen molar-refractivity contribution in [2.24, 2.45) is 0 Å². The normalized spacial score (nSPS) is 13.6. The fourth-order valence-corrected chi connectivity index (χ4v) is 1.77. The second-order valence-corrected chi connectivity index (χ2v) is 4.77. The average molecular weight is 354 g/mol. The first kappa shape index (κ1) is 21.5. The van der Waals surface area contributed by atoms with Crippen molar-refractivity contribution in [2.45, 2.75) is 27.7 Å². The molecule has 0 aliphatic heterocycles. The Morgan fingerprint density at radius 3 is 1.30 bits per heavy atom. The first-order chi connectivity index (χ1) is 10.7. The Morgan fingerprint density at radius 1 is 0.739 bits per heavy atom. The van der Waals surface area contributed by atoms with Crippen LogP contribution in [0.2, 0.25) is 0 Å². The van der Waals surface area contributed by atoms with Gasteiger partial charge >= 0.3 is 17.1 Å². The van der Waals surface area contributed by atoms with Crippen LogP contribution in [0.3, 0.4) is 0 Å². The Bertz CT molecular complexity index is 449. The Balaban J connectivity index is 0.000000403. The average Bonchev–Trinajstić information content (AvgIpc) is 3.23. The molecule has 0 amide bonds. The molecule has 5 heteroatoms. The SMILES string of the molecule is CC[N-]NC(C)=C1C=CC=C1.CC[N-]NC(C)=C1C=CC=C1.[Fe+2]. The molecule has 0 radical (unpaired) electrons. The molecular formula is C18H26FeN4. The molecule has 0 aromatic rings. The van der Waals surface area contributed by atoms with Crippen LogP contribution in [0.15, 0.2) is 71.1 Å². The topological polar surface area (TPSA) is 52.3 Å². The van der Waals surface area contributed by atoms with Crippen molar-refractivity contribution in [3.8, 4) is 0 Å². The summed E-state index contributed by atoms with van der Waals surface area (Å²) in [5.41, 5.74) is 18.7. The van der Waals surface area contributed by atoms with Gasteiger partial charge in [-0.3, -0.25) is 0 Å². The van der Waals surface area contributed by atoms with Gasteiger partial charge in [0.2, 0.25) is 0 Å². The fourth-order valence-electron chi connectivity index (χ4n) is 1.77. The van der Waals surface area contributed by atoms with Crippen molar-refractivity contribution in [3.05, 3.63) is 82.0 Å². The summed E-state index contributed by atoms with van der Waals surface area (Å²) in [5, 5.41) is 0. The van der Waals surface area contributed by atoms with E-state index in [2.05, 4.69) is 46.0 Å². The maximum atomic E-state index is 4.04. The van der Waals surface area contributed by atoms with Gasteiger partial charge in [0.1, 0.15) is 0 Å². The minimum Gasteiger partial charge on any atom is -0.571 e. The monoisotopic (exact) mass is 354 g/mol. The second kappa shape index (κ2) is 13.0. The minimum atomic E-state index is 0. The number of hydrogen-bond donors (Lipinski definition) is 2. The van der Waals surface area contributed by atoms with Gasteiger partial charge in [0.05, 0.1) is 0 Å². The van der Waals surface area contributed by atoms with Gasteiger partial charge in [0, 0.05) is 0 Å². The van der Waals surface area contributed by atoms with Gasteiger partial charge in [0.25, 0.3) is 0 Å². The molecule has 0 heterocycles. The zero-order chi connectivity index (χ0) is 16.2. The summed E-state index contributed by atoms with van der Waals surface area (Å²) in [7, 11) is 0. The van der Waals surface area contributed by atoms with E-state index in [0.717, 1.165) is 24.5 Å². The third-order valence-electron chi connectivity index (χ3n) is 3.00. The molecule has 0 saturated carbocycles. The van der Waals surface area contributed by atoms with E-state index in [0.29, 0.717) is 0 Å². The van der Waals surface area contributed by atoms with Gasteiger partial charge in [0.15, 0.2) is 0 Å². The summed E-state index contributed by atoms with van der Waals surface area (Å²) in [6.45, 7) is 9.66. The molecule has 0 aromatic carbocycles. The first-order valence-corrected chi connectivity index (χ1v) is 7.65. The van der Waals surface area contributed by atoms with E-state index in [9.17, 15) is 0 Å². The number of rotatable bonds is 6. The number of nitrogens with zero attached hydrogens (tertiary/aromatic N) is 2. The minimum absolute atomic E-state index is 0. The molecule has 2 N–H and O–H groups in total. The summed E-state index contributed by atoms with van der Waals surface area (Å²) in [6.07, 6.45) is 16.3. The van der Waals surface area contributed by atoms with E-state index < -0.39 is 0 Å². The van der Waals surface area contributed by atoms with Crippen molar-refractivity contribution < 1.29 is 17.1 Å². The maximum absolute atomic E-state index is 4.04. The molecule has 0 spiro atoms. The van der Waals surface area contributed by atoms with Crippen molar-refractivity contribution >= 4 is 0 Å². The number of allylic oxidation sites excluding steroid dienone is 12. The van der Waals surface area contributed by atoms with Gasteiger partial charge in [-0.05, 0) is 36.4 Å².